The molecule has 1 aliphatic rings. The number of aliphatic hydroxyl groups is 3. The number of halogens is 7. The molecule has 28 heteroatoms. The standard InChI is InChI=1S/C23H21N5O.C13H14ClN3O.C10H8N2.C6H6Cl2N2O.C5H4INO2.C4HCl2IN2.C2H4O/c1-15-11-19-18(12-24)9-6-10-21(19)28(15)23-26-14-20(16(2)29)22(27-23)25-13-17-7-4-3-5-8-17;1-9(18)11-8-16-13(14)17-12(11)15-7-10-5-3-2-4-6-10;1-7-5-9-8(6-11)3-2-4-10(9)12-7;1-3(11)4-2-9-6(8)10-5(4)7;6-3-1-2-4(8)7-5(3)9;5-3-2(7)1-8-4(6)9-3;1-2-3/h3-11,14,16,29H,13H2,1-2H3,(H,25,26,27);2-6,8-9,18H,7H2,1H3,(H,15,16,17);2-5,12H,1H3;2-3,11H,1H3;1H,2H2,(H,7,8,9);1H;2H,1H3. The van der Waals surface area contributed by atoms with E-state index in [2.05, 4.69) is 68.0 Å². The third-order valence-electron chi connectivity index (χ3n) is 12.2. The van der Waals surface area contributed by atoms with Crippen LogP contribution in [0.4, 0.5) is 11.6 Å². The van der Waals surface area contributed by atoms with Crippen molar-refractivity contribution in [3.63, 3.8) is 0 Å². The number of nitrogens with one attached hydrogen (secondary N) is 4. The van der Waals surface area contributed by atoms with Gasteiger partial charge in [-0.1, -0.05) is 102 Å². The van der Waals surface area contributed by atoms with Gasteiger partial charge in [-0.3, -0.25) is 19.5 Å². The van der Waals surface area contributed by atoms with E-state index in [1.165, 1.54) is 19.3 Å². The number of aromatic nitrogens is 10. The second-order valence-electron chi connectivity index (χ2n) is 19.0. The molecule has 0 saturated carbocycles. The lowest BCUT2D eigenvalue weighted by molar-refractivity contribution is -0.128. The van der Waals surface area contributed by atoms with Gasteiger partial charge in [0.1, 0.15) is 28.2 Å². The molecule has 11 rings (SSSR count). The summed E-state index contributed by atoms with van der Waals surface area (Å²) in [7, 11) is 0. The Morgan fingerprint density at radius 2 is 1.12 bits per heavy atom. The summed E-state index contributed by atoms with van der Waals surface area (Å²) < 4.78 is 3.32. The summed E-state index contributed by atoms with van der Waals surface area (Å²) in [5.41, 5.74) is 9.28. The molecule has 3 unspecified atom stereocenters. The fraction of sp³-hybridized carbons (Fsp3) is 0.190. The van der Waals surface area contributed by atoms with Gasteiger partial charge in [-0.15, -0.1) is 0 Å². The van der Waals surface area contributed by atoms with Gasteiger partial charge in [-0.2, -0.15) is 15.5 Å². The van der Waals surface area contributed by atoms with Crippen LogP contribution in [0.1, 0.15) is 103 Å². The molecule has 0 aliphatic carbocycles. The van der Waals surface area contributed by atoms with E-state index in [9.17, 15) is 25.1 Å². The predicted octanol–water partition coefficient (Wildman–Crippen LogP) is 14.2. The maximum absolute atomic E-state index is 10.6. The highest BCUT2D eigenvalue weighted by molar-refractivity contribution is 14.1. The number of nitriles is 2. The van der Waals surface area contributed by atoms with Gasteiger partial charge in [0.15, 0.2) is 0 Å². The minimum atomic E-state index is -0.699. The number of aryl methyl sites for hydroxylation is 2. The molecule has 6 aromatic heterocycles. The molecular formula is C63H58Cl5I2N15O6. The van der Waals surface area contributed by atoms with Gasteiger partial charge in [-0.05, 0) is 169 Å². The molecule has 7 heterocycles. The lowest BCUT2D eigenvalue weighted by Gasteiger charge is -2.15. The topological polar surface area (TPSA) is 319 Å². The van der Waals surface area contributed by atoms with Crippen molar-refractivity contribution in [2.45, 2.75) is 79.4 Å². The van der Waals surface area contributed by atoms with E-state index in [-0.39, 0.29) is 32.8 Å². The zero-order valence-electron chi connectivity index (χ0n) is 49.3. The van der Waals surface area contributed by atoms with Gasteiger partial charge >= 0.3 is 0 Å². The van der Waals surface area contributed by atoms with Crippen molar-refractivity contribution < 1.29 is 29.7 Å². The number of hydrogen-bond acceptors (Lipinski definition) is 18. The number of amides is 2. The molecule has 21 nitrogen and oxygen atoms in total. The Hall–Kier alpha value is -7.80. The SMILES string of the molecule is CC(O)c1cnc(Cl)nc1Cl.CC(O)c1cnc(Cl)nc1NCc1ccccc1.CC=O.Cc1cc2c(C#N)cccc2[nH]1.Cc1cc2c(C#N)cccc2n1-c1ncc(C(C)O)c(NCc2ccccc2)n1.Clc1ncc(I)c(Cl)n1.O=C1CC=C(I)C(=O)N1. The van der Waals surface area contributed by atoms with E-state index in [1.807, 2.05) is 167 Å². The molecule has 470 valence electrons. The van der Waals surface area contributed by atoms with E-state index < -0.39 is 18.3 Å². The fourth-order valence-corrected chi connectivity index (χ4v) is 9.42. The molecule has 1 aliphatic heterocycles. The number of aliphatic hydroxyl groups excluding tert-OH is 3. The molecule has 91 heavy (non-hydrogen) atoms. The normalized spacial score (nSPS) is 12.1. The number of H-pyrrole nitrogens is 1. The number of carbonyl (C=O) groups is 3. The van der Waals surface area contributed by atoms with Crippen LogP contribution in [0.15, 0.2) is 144 Å². The fourth-order valence-electron chi connectivity index (χ4n) is 7.91. The summed E-state index contributed by atoms with van der Waals surface area (Å²) in [6.45, 7) is 11.5. The zero-order chi connectivity index (χ0) is 66.7. The Morgan fingerprint density at radius 3 is 1.62 bits per heavy atom. The average molecular weight is 1550 g/mol. The van der Waals surface area contributed by atoms with E-state index in [4.69, 9.17) is 78.2 Å². The minimum absolute atomic E-state index is 0.0828. The van der Waals surface area contributed by atoms with Crippen molar-refractivity contribution in [3.05, 3.63) is 224 Å². The predicted molar refractivity (Wildman–Crippen MR) is 371 cm³/mol. The molecule has 3 atom stereocenters. The lowest BCUT2D eigenvalue weighted by atomic mass is 10.1. The Balaban J connectivity index is 0.000000209. The van der Waals surface area contributed by atoms with Crippen LogP contribution in [0.3, 0.4) is 0 Å². The molecule has 10 aromatic rings. The van der Waals surface area contributed by atoms with Crippen LogP contribution in [0, 0.1) is 40.1 Å². The Bertz CT molecular complexity index is 4210. The van der Waals surface area contributed by atoms with E-state index in [0.717, 1.165) is 59.7 Å². The summed E-state index contributed by atoms with van der Waals surface area (Å²) >= 11 is 31.7. The number of rotatable bonds is 10. The number of nitrogens with zero attached hydrogens (tertiary/aromatic N) is 11. The summed E-state index contributed by atoms with van der Waals surface area (Å²) in [6, 6.07) is 39.6. The summed E-state index contributed by atoms with van der Waals surface area (Å²) in [5, 5.41) is 58.6. The number of aromatic amines is 1. The molecule has 2 amide bonds. The highest BCUT2D eigenvalue weighted by Crippen LogP contribution is 2.29. The van der Waals surface area contributed by atoms with Gasteiger partial charge in [0.05, 0.1) is 54.2 Å². The van der Waals surface area contributed by atoms with Gasteiger partial charge < -0.3 is 35.7 Å². The van der Waals surface area contributed by atoms with Crippen molar-refractivity contribution in [2.24, 2.45) is 0 Å². The van der Waals surface area contributed by atoms with Crippen molar-refractivity contribution >= 4 is 155 Å². The Labute approximate surface area is 576 Å². The van der Waals surface area contributed by atoms with Crippen LogP contribution in [0.5, 0.6) is 0 Å². The van der Waals surface area contributed by atoms with Crippen molar-refractivity contribution in [2.75, 3.05) is 10.6 Å². The second-order valence-corrected chi connectivity index (χ2v) is 23.0. The maximum atomic E-state index is 10.6. The van der Waals surface area contributed by atoms with Gasteiger partial charge in [-0.25, -0.2) is 34.9 Å². The lowest BCUT2D eigenvalue weighted by Crippen LogP contribution is -2.32. The molecule has 0 fully saturated rings. The molecule has 0 spiro atoms. The molecule has 0 bridgehead atoms. The number of benzene rings is 4. The molecule has 0 saturated heterocycles. The number of anilines is 2. The van der Waals surface area contributed by atoms with Gasteiger partial charge in [0.25, 0.3) is 5.91 Å². The summed E-state index contributed by atoms with van der Waals surface area (Å²) in [4.78, 5) is 64.9. The summed E-state index contributed by atoms with van der Waals surface area (Å²) in [6.07, 6.45) is 6.84. The first-order valence-electron chi connectivity index (χ1n) is 27.1. The summed E-state index contributed by atoms with van der Waals surface area (Å²) in [5.74, 6) is 1.14. The second kappa shape index (κ2) is 37.5. The minimum Gasteiger partial charge on any atom is -0.389 e. The van der Waals surface area contributed by atoms with E-state index in [1.54, 1.807) is 45.3 Å². The smallest absolute Gasteiger partial charge is 0.263 e. The van der Waals surface area contributed by atoms with Crippen LogP contribution in [0.25, 0.3) is 27.8 Å². The monoisotopic (exact) mass is 1550 g/mol. The van der Waals surface area contributed by atoms with Gasteiger partial charge in [0, 0.05) is 88.7 Å². The van der Waals surface area contributed by atoms with Crippen molar-refractivity contribution in [1.82, 2.24) is 54.7 Å². The quantitative estimate of drug-likeness (QED) is 0.0220. The first-order valence-corrected chi connectivity index (χ1v) is 31.1. The molecule has 4 aromatic carbocycles. The molecule has 7 N–H and O–H groups in total. The third kappa shape index (κ3) is 23.1. The third-order valence-corrected chi connectivity index (χ3v) is 15.3. The zero-order valence-corrected chi connectivity index (χ0v) is 57.4. The molecule has 0 radical (unpaired) electrons. The van der Waals surface area contributed by atoms with Crippen LogP contribution in [0.2, 0.25) is 26.2 Å². The van der Waals surface area contributed by atoms with Crippen LogP contribution in [-0.2, 0) is 27.5 Å². The number of aldehydes is 1. The van der Waals surface area contributed by atoms with Crippen LogP contribution in [-0.4, -0.2) is 82.8 Å². The van der Waals surface area contributed by atoms with Crippen LogP contribution >= 0.6 is 103 Å². The molecular weight excluding hydrogens is 1490 g/mol. The number of carbonyl (C=O) groups excluding carboxylic acids is 3. The van der Waals surface area contributed by atoms with E-state index >= 15 is 0 Å². The van der Waals surface area contributed by atoms with Crippen LogP contribution < -0.4 is 16.0 Å². The number of imide groups is 1. The Morgan fingerprint density at radius 1 is 0.637 bits per heavy atom. The first-order chi connectivity index (χ1) is 43.5. The van der Waals surface area contributed by atoms with Gasteiger partial charge in [0.2, 0.25) is 27.7 Å². The van der Waals surface area contributed by atoms with Crippen molar-refractivity contribution in [1.29, 1.82) is 10.5 Å². The highest BCUT2D eigenvalue weighted by Gasteiger charge is 2.18. The average Bonchev–Trinajstić information content (AvgIpc) is 1.67. The maximum Gasteiger partial charge on any atom is 0.263 e. The number of hydrogen-bond donors (Lipinski definition) is 7. The van der Waals surface area contributed by atoms with E-state index in [0.29, 0.717) is 68.1 Å². The largest absolute Gasteiger partial charge is 0.389 e. The van der Waals surface area contributed by atoms with Crippen molar-refractivity contribution in [3.8, 4) is 18.1 Å². The highest BCUT2D eigenvalue weighted by atomic mass is 127. The number of fused-ring (bicyclic) bond motifs is 2. The first kappa shape index (κ1) is 73.9. The Kier molecular flexibility index (Phi) is 30.5.